The third-order valence-corrected chi connectivity index (χ3v) is 4.59. The summed E-state index contributed by atoms with van der Waals surface area (Å²) in [4.78, 5) is 16.6. The molecular weight excluding hydrogens is 321 g/mol. The van der Waals surface area contributed by atoms with Crippen LogP contribution in [-0.2, 0) is 9.53 Å². The van der Waals surface area contributed by atoms with Gasteiger partial charge in [-0.2, -0.15) is 0 Å². The lowest BCUT2D eigenvalue weighted by Gasteiger charge is -2.29. The highest BCUT2D eigenvalue weighted by Crippen LogP contribution is 2.19. The molecule has 0 aliphatic carbocycles. The smallest absolute Gasteiger partial charge is 0.241 e. The van der Waals surface area contributed by atoms with Gasteiger partial charge < -0.3 is 15.0 Å². The summed E-state index contributed by atoms with van der Waals surface area (Å²) in [7, 11) is 5.82. The number of likely N-dealkylation sites (N-methyl/N-ethyl adjacent to an activating group) is 1. The average Bonchev–Trinajstić information content (AvgIpc) is 2.58. The minimum absolute atomic E-state index is 0.0732. The molecule has 1 aliphatic rings. The lowest BCUT2D eigenvalue weighted by Crippen LogP contribution is -2.38. The average molecular weight is 351 g/mol. The molecule has 25 heavy (non-hydrogen) atoms. The summed E-state index contributed by atoms with van der Waals surface area (Å²) >= 11 is 0. The molecule has 1 aromatic carbocycles. The minimum Gasteiger partial charge on any atom is -0.378 e. The van der Waals surface area contributed by atoms with Crippen molar-refractivity contribution in [2.75, 3.05) is 47.4 Å². The Balaban J connectivity index is 1.71. The van der Waals surface area contributed by atoms with E-state index in [9.17, 15) is 9.18 Å². The summed E-state index contributed by atoms with van der Waals surface area (Å²) < 4.78 is 19.0. The Labute approximate surface area is 150 Å². The zero-order chi connectivity index (χ0) is 18.2. The van der Waals surface area contributed by atoms with E-state index in [-0.39, 0.29) is 11.7 Å². The molecule has 1 unspecified atom stereocenters. The third kappa shape index (κ3) is 6.38. The van der Waals surface area contributed by atoms with Crippen LogP contribution in [0.2, 0.25) is 0 Å². The van der Waals surface area contributed by atoms with Crippen molar-refractivity contribution in [3.63, 3.8) is 0 Å². The number of piperidine rings is 1. The normalized spacial score (nSPS) is 17.6. The van der Waals surface area contributed by atoms with E-state index in [2.05, 4.69) is 17.3 Å². The second-order valence-corrected chi connectivity index (χ2v) is 6.94. The molecule has 0 aromatic heterocycles. The minimum atomic E-state index is -0.421. The maximum absolute atomic E-state index is 13.1. The van der Waals surface area contributed by atoms with Gasteiger partial charge >= 0.3 is 0 Å². The molecular formula is C19H30FN3O2. The zero-order valence-corrected chi connectivity index (χ0v) is 15.5. The van der Waals surface area contributed by atoms with Crippen LogP contribution in [0.3, 0.4) is 0 Å². The predicted molar refractivity (Wildman–Crippen MR) is 96.9 cm³/mol. The molecule has 1 fully saturated rings. The van der Waals surface area contributed by atoms with Crippen LogP contribution < -0.4 is 5.32 Å². The lowest BCUT2D eigenvalue weighted by molar-refractivity contribution is -0.125. The van der Waals surface area contributed by atoms with Gasteiger partial charge in [0.15, 0.2) is 0 Å². The number of ether oxygens (including phenoxy) is 1. The highest BCUT2D eigenvalue weighted by atomic mass is 19.1. The standard InChI is InChI=1S/C19H30FN3O2/c1-22(2)18(15-5-7-16(20)8-6-15)19(24)21-11-4-14-25-17-9-12-23(3)13-10-17/h5-8,17-18H,4,9-14H2,1-3H3,(H,21,24). The van der Waals surface area contributed by atoms with E-state index in [1.807, 2.05) is 19.0 Å². The summed E-state index contributed by atoms with van der Waals surface area (Å²) in [6, 6.07) is 5.66. The summed E-state index contributed by atoms with van der Waals surface area (Å²) in [5.41, 5.74) is 0.784. The first-order valence-corrected chi connectivity index (χ1v) is 8.97. The van der Waals surface area contributed by atoms with Crippen LogP contribution in [0.1, 0.15) is 30.9 Å². The molecule has 1 amide bonds. The van der Waals surface area contributed by atoms with E-state index in [1.165, 1.54) is 12.1 Å². The van der Waals surface area contributed by atoms with E-state index in [1.54, 1.807) is 12.1 Å². The van der Waals surface area contributed by atoms with Gasteiger partial charge in [-0.3, -0.25) is 9.69 Å². The van der Waals surface area contributed by atoms with Gasteiger partial charge in [0.05, 0.1) is 6.10 Å². The van der Waals surface area contributed by atoms with Crippen molar-refractivity contribution in [2.24, 2.45) is 0 Å². The Morgan fingerprint density at radius 1 is 1.32 bits per heavy atom. The van der Waals surface area contributed by atoms with Crippen molar-refractivity contribution in [3.8, 4) is 0 Å². The van der Waals surface area contributed by atoms with Crippen LogP contribution in [0.25, 0.3) is 0 Å². The number of hydrogen-bond donors (Lipinski definition) is 1. The van der Waals surface area contributed by atoms with Gasteiger partial charge in [0.25, 0.3) is 0 Å². The van der Waals surface area contributed by atoms with Crippen molar-refractivity contribution in [3.05, 3.63) is 35.6 Å². The number of amides is 1. The third-order valence-electron chi connectivity index (χ3n) is 4.59. The van der Waals surface area contributed by atoms with Crippen molar-refractivity contribution < 1.29 is 13.9 Å². The molecule has 140 valence electrons. The van der Waals surface area contributed by atoms with E-state index < -0.39 is 6.04 Å². The predicted octanol–water partition coefficient (Wildman–Crippen LogP) is 2.05. The summed E-state index contributed by atoms with van der Waals surface area (Å²) in [6.45, 7) is 3.42. The molecule has 1 atom stereocenters. The van der Waals surface area contributed by atoms with E-state index in [4.69, 9.17) is 4.74 Å². The van der Waals surface area contributed by atoms with Crippen LogP contribution in [0, 0.1) is 5.82 Å². The number of likely N-dealkylation sites (tertiary alicyclic amines) is 1. The van der Waals surface area contributed by atoms with Crippen molar-refractivity contribution in [1.82, 2.24) is 15.1 Å². The van der Waals surface area contributed by atoms with Crippen LogP contribution >= 0.6 is 0 Å². The summed E-state index contributed by atoms with van der Waals surface area (Å²) in [6.07, 6.45) is 3.30. The molecule has 1 heterocycles. The van der Waals surface area contributed by atoms with Gasteiger partial charge in [0, 0.05) is 26.2 Å². The van der Waals surface area contributed by atoms with E-state index in [0.717, 1.165) is 37.9 Å². The molecule has 0 radical (unpaired) electrons. The SMILES string of the molecule is CN1CCC(OCCCNC(=O)C(c2ccc(F)cc2)N(C)C)CC1. The van der Waals surface area contributed by atoms with Crippen molar-refractivity contribution in [2.45, 2.75) is 31.4 Å². The molecule has 0 bridgehead atoms. The van der Waals surface area contributed by atoms with Gasteiger partial charge in [-0.1, -0.05) is 12.1 Å². The van der Waals surface area contributed by atoms with Gasteiger partial charge in [-0.15, -0.1) is 0 Å². The van der Waals surface area contributed by atoms with Gasteiger partial charge in [-0.25, -0.2) is 4.39 Å². The van der Waals surface area contributed by atoms with Crippen LogP contribution in [0.4, 0.5) is 4.39 Å². The fourth-order valence-electron chi connectivity index (χ4n) is 3.11. The number of nitrogens with one attached hydrogen (secondary N) is 1. The maximum Gasteiger partial charge on any atom is 0.241 e. The molecule has 1 N–H and O–H groups in total. The molecule has 0 saturated carbocycles. The Kier molecular flexibility index (Phi) is 7.81. The fraction of sp³-hybridized carbons (Fsp3) is 0.632. The largest absolute Gasteiger partial charge is 0.378 e. The second-order valence-electron chi connectivity index (χ2n) is 6.94. The molecule has 1 aromatic rings. The fourth-order valence-corrected chi connectivity index (χ4v) is 3.11. The zero-order valence-electron chi connectivity index (χ0n) is 15.5. The van der Waals surface area contributed by atoms with Gasteiger partial charge in [0.1, 0.15) is 11.9 Å². The Morgan fingerprint density at radius 3 is 2.56 bits per heavy atom. The Bertz CT molecular complexity index is 528. The number of halogens is 1. The second kappa shape index (κ2) is 9.85. The Hall–Kier alpha value is -1.50. The highest BCUT2D eigenvalue weighted by Gasteiger charge is 2.22. The van der Waals surface area contributed by atoms with Crippen molar-refractivity contribution in [1.29, 1.82) is 0 Å². The van der Waals surface area contributed by atoms with Crippen molar-refractivity contribution >= 4 is 5.91 Å². The first-order chi connectivity index (χ1) is 12.0. The Morgan fingerprint density at radius 2 is 1.96 bits per heavy atom. The maximum atomic E-state index is 13.1. The summed E-state index contributed by atoms with van der Waals surface area (Å²) in [5.74, 6) is -0.372. The monoisotopic (exact) mass is 351 g/mol. The van der Waals surface area contributed by atoms with Gasteiger partial charge in [-0.05, 0) is 58.1 Å². The molecule has 0 spiro atoms. The number of nitrogens with zero attached hydrogens (tertiary/aromatic N) is 2. The quantitative estimate of drug-likeness (QED) is 0.728. The lowest BCUT2D eigenvalue weighted by atomic mass is 10.1. The van der Waals surface area contributed by atoms with Crippen LogP contribution in [-0.4, -0.2) is 69.2 Å². The number of benzene rings is 1. The first kappa shape index (κ1) is 19.8. The number of carbonyl (C=O) groups is 1. The van der Waals surface area contributed by atoms with Crippen LogP contribution in [0.15, 0.2) is 24.3 Å². The van der Waals surface area contributed by atoms with E-state index >= 15 is 0 Å². The molecule has 1 saturated heterocycles. The topological polar surface area (TPSA) is 44.8 Å². The molecule has 6 heteroatoms. The first-order valence-electron chi connectivity index (χ1n) is 8.97. The number of hydrogen-bond acceptors (Lipinski definition) is 4. The number of carbonyl (C=O) groups excluding carboxylic acids is 1. The van der Waals surface area contributed by atoms with Crippen LogP contribution in [0.5, 0.6) is 0 Å². The molecule has 5 nitrogen and oxygen atoms in total. The molecule has 2 rings (SSSR count). The highest BCUT2D eigenvalue weighted by molar-refractivity contribution is 5.83. The van der Waals surface area contributed by atoms with Gasteiger partial charge in [0.2, 0.25) is 5.91 Å². The van der Waals surface area contributed by atoms with E-state index in [0.29, 0.717) is 19.3 Å². The summed E-state index contributed by atoms with van der Waals surface area (Å²) in [5, 5.41) is 2.96. The molecule has 1 aliphatic heterocycles. The number of rotatable bonds is 8.